The fraction of sp³-hybridized carbons (Fsp3) is 0.308. The van der Waals surface area contributed by atoms with Gasteiger partial charge in [-0.2, -0.15) is 0 Å². The van der Waals surface area contributed by atoms with Gasteiger partial charge in [0.05, 0.1) is 0 Å². The van der Waals surface area contributed by atoms with Gasteiger partial charge in [-0.3, -0.25) is 0 Å². The lowest BCUT2D eigenvalue weighted by molar-refractivity contribution is 0.649. The van der Waals surface area contributed by atoms with Crippen LogP contribution in [0.2, 0.25) is 0 Å². The minimum atomic E-state index is 0.487. The Labute approximate surface area is 94.9 Å². The number of aromatic amines is 1. The summed E-state index contributed by atoms with van der Waals surface area (Å²) in [6.07, 6.45) is 6.15. The molecule has 1 aliphatic rings. The van der Waals surface area contributed by atoms with Crippen LogP contribution < -0.4 is 5.32 Å². The molecule has 1 unspecified atom stereocenters. The Bertz CT molecular complexity index is 456. The van der Waals surface area contributed by atoms with E-state index in [2.05, 4.69) is 39.6 Å². The van der Waals surface area contributed by atoms with Crippen LogP contribution in [0.4, 0.5) is 0 Å². The molecule has 82 valence electrons. The summed E-state index contributed by atoms with van der Waals surface area (Å²) in [5.41, 5.74) is 2.57. The molecule has 1 saturated heterocycles. The van der Waals surface area contributed by atoms with E-state index in [0.29, 0.717) is 6.04 Å². The highest BCUT2D eigenvalue weighted by Crippen LogP contribution is 2.30. The first-order valence-corrected chi connectivity index (χ1v) is 5.77. The van der Waals surface area contributed by atoms with Gasteiger partial charge >= 0.3 is 0 Å². The number of imidazole rings is 1. The summed E-state index contributed by atoms with van der Waals surface area (Å²) in [7, 11) is 0. The number of hydrogen-bond donors (Lipinski definition) is 2. The first kappa shape index (κ1) is 9.60. The van der Waals surface area contributed by atoms with Crippen LogP contribution in [0.25, 0.3) is 11.4 Å². The van der Waals surface area contributed by atoms with Crippen molar-refractivity contribution in [2.24, 2.45) is 0 Å². The zero-order valence-corrected chi connectivity index (χ0v) is 9.11. The van der Waals surface area contributed by atoms with E-state index in [1.54, 1.807) is 6.20 Å². The van der Waals surface area contributed by atoms with Crippen molar-refractivity contribution in [3.63, 3.8) is 0 Å². The fourth-order valence-electron chi connectivity index (χ4n) is 2.38. The molecule has 1 aromatic heterocycles. The maximum atomic E-state index is 4.34. The van der Waals surface area contributed by atoms with Gasteiger partial charge in [0.2, 0.25) is 0 Å². The third kappa shape index (κ3) is 1.63. The molecule has 0 radical (unpaired) electrons. The normalized spacial score (nSPS) is 20.1. The quantitative estimate of drug-likeness (QED) is 0.804. The second-order valence-corrected chi connectivity index (χ2v) is 4.17. The monoisotopic (exact) mass is 213 g/mol. The van der Waals surface area contributed by atoms with Gasteiger partial charge in [-0.15, -0.1) is 0 Å². The minimum Gasteiger partial charge on any atom is -0.345 e. The van der Waals surface area contributed by atoms with Gasteiger partial charge in [0.25, 0.3) is 0 Å². The van der Waals surface area contributed by atoms with E-state index in [4.69, 9.17) is 0 Å². The Balaban J connectivity index is 2.04. The van der Waals surface area contributed by atoms with Gasteiger partial charge in [-0.05, 0) is 24.9 Å². The Morgan fingerprint density at radius 3 is 2.94 bits per heavy atom. The average molecular weight is 213 g/mol. The summed E-state index contributed by atoms with van der Waals surface area (Å²) in [5, 5.41) is 3.53. The summed E-state index contributed by atoms with van der Waals surface area (Å²) in [4.78, 5) is 7.51. The summed E-state index contributed by atoms with van der Waals surface area (Å²) in [6.45, 7) is 1.12. The highest BCUT2D eigenvalue weighted by molar-refractivity contribution is 5.61. The van der Waals surface area contributed by atoms with E-state index in [1.165, 1.54) is 24.0 Å². The number of nitrogens with zero attached hydrogens (tertiary/aromatic N) is 1. The Morgan fingerprint density at radius 2 is 2.19 bits per heavy atom. The zero-order chi connectivity index (χ0) is 10.8. The Hall–Kier alpha value is -1.61. The van der Waals surface area contributed by atoms with Crippen LogP contribution in [0, 0.1) is 0 Å². The lowest BCUT2D eigenvalue weighted by Crippen LogP contribution is -2.13. The third-order valence-corrected chi connectivity index (χ3v) is 3.15. The van der Waals surface area contributed by atoms with E-state index in [-0.39, 0.29) is 0 Å². The molecule has 3 nitrogen and oxygen atoms in total. The minimum absolute atomic E-state index is 0.487. The molecule has 2 N–H and O–H groups in total. The first-order chi connectivity index (χ1) is 7.95. The first-order valence-electron chi connectivity index (χ1n) is 5.77. The number of H-pyrrole nitrogens is 1. The van der Waals surface area contributed by atoms with Crippen molar-refractivity contribution in [2.75, 3.05) is 6.54 Å². The highest BCUT2D eigenvalue weighted by Gasteiger charge is 2.19. The molecule has 0 aliphatic carbocycles. The molecule has 1 atom stereocenters. The molecule has 1 aliphatic heterocycles. The summed E-state index contributed by atoms with van der Waals surface area (Å²) < 4.78 is 0. The van der Waals surface area contributed by atoms with Gasteiger partial charge < -0.3 is 10.3 Å². The number of rotatable bonds is 2. The molecule has 0 saturated carbocycles. The van der Waals surface area contributed by atoms with Gasteiger partial charge in [0.15, 0.2) is 0 Å². The van der Waals surface area contributed by atoms with Crippen molar-refractivity contribution in [1.82, 2.24) is 15.3 Å². The molecule has 3 rings (SSSR count). The van der Waals surface area contributed by atoms with E-state index in [0.717, 1.165) is 12.4 Å². The van der Waals surface area contributed by atoms with Crippen LogP contribution in [0.1, 0.15) is 24.4 Å². The maximum absolute atomic E-state index is 4.34. The second-order valence-electron chi connectivity index (χ2n) is 4.17. The van der Waals surface area contributed by atoms with Gasteiger partial charge in [-0.1, -0.05) is 24.3 Å². The van der Waals surface area contributed by atoms with Crippen molar-refractivity contribution >= 4 is 0 Å². The number of aromatic nitrogens is 2. The predicted octanol–water partition coefficient (Wildman–Crippen LogP) is 2.50. The highest BCUT2D eigenvalue weighted by atomic mass is 14.9. The number of benzene rings is 1. The third-order valence-electron chi connectivity index (χ3n) is 3.15. The van der Waals surface area contributed by atoms with E-state index in [1.807, 2.05) is 6.20 Å². The lowest BCUT2D eigenvalue weighted by Gasteiger charge is -2.14. The van der Waals surface area contributed by atoms with Gasteiger partial charge in [-0.25, -0.2) is 4.98 Å². The van der Waals surface area contributed by atoms with Crippen molar-refractivity contribution in [1.29, 1.82) is 0 Å². The summed E-state index contributed by atoms with van der Waals surface area (Å²) >= 11 is 0. The van der Waals surface area contributed by atoms with Crippen molar-refractivity contribution in [3.05, 3.63) is 42.2 Å². The standard InChI is InChI=1S/C13H15N3/c1-2-5-11(13-15-8-9-16-13)10(4-1)12-6-3-7-14-12/h1-2,4-5,8-9,12,14H,3,6-7H2,(H,15,16). The smallest absolute Gasteiger partial charge is 0.137 e. The molecule has 16 heavy (non-hydrogen) atoms. The van der Waals surface area contributed by atoms with Crippen LogP contribution in [0.5, 0.6) is 0 Å². The van der Waals surface area contributed by atoms with E-state index >= 15 is 0 Å². The van der Waals surface area contributed by atoms with E-state index in [9.17, 15) is 0 Å². The van der Waals surface area contributed by atoms with Crippen LogP contribution in [-0.4, -0.2) is 16.5 Å². The lowest BCUT2D eigenvalue weighted by atomic mass is 9.99. The molecular formula is C13H15N3. The summed E-state index contributed by atoms with van der Waals surface area (Å²) in [6, 6.07) is 8.98. The molecule has 3 heteroatoms. The fourth-order valence-corrected chi connectivity index (χ4v) is 2.38. The maximum Gasteiger partial charge on any atom is 0.137 e. The molecule has 2 aromatic rings. The van der Waals surface area contributed by atoms with Gasteiger partial charge in [0, 0.05) is 24.0 Å². The Kier molecular flexibility index (Phi) is 2.46. The van der Waals surface area contributed by atoms with Crippen molar-refractivity contribution in [2.45, 2.75) is 18.9 Å². The van der Waals surface area contributed by atoms with Crippen LogP contribution >= 0.6 is 0 Å². The van der Waals surface area contributed by atoms with Gasteiger partial charge in [0.1, 0.15) is 5.82 Å². The SMILES string of the molecule is c1ccc(C2CCCN2)c(-c2ncc[nH]2)c1. The number of hydrogen-bond acceptors (Lipinski definition) is 2. The Morgan fingerprint density at radius 1 is 1.25 bits per heavy atom. The molecule has 2 heterocycles. The van der Waals surface area contributed by atoms with Crippen LogP contribution in [0.3, 0.4) is 0 Å². The van der Waals surface area contributed by atoms with Crippen molar-refractivity contribution in [3.8, 4) is 11.4 Å². The largest absolute Gasteiger partial charge is 0.345 e. The molecule has 0 amide bonds. The number of nitrogens with one attached hydrogen (secondary N) is 2. The zero-order valence-electron chi connectivity index (χ0n) is 9.11. The molecule has 1 aromatic carbocycles. The molecule has 0 bridgehead atoms. The second kappa shape index (κ2) is 4.10. The molecular weight excluding hydrogens is 198 g/mol. The molecule has 1 fully saturated rings. The van der Waals surface area contributed by atoms with Crippen molar-refractivity contribution < 1.29 is 0 Å². The summed E-state index contributed by atoms with van der Waals surface area (Å²) in [5.74, 6) is 0.962. The van der Waals surface area contributed by atoms with Crippen LogP contribution in [-0.2, 0) is 0 Å². The predicted molar refractivity (Wildman–Crippen MR) is 64.0 cm³/mol. The topological polar surface area (TPSA) is 40.7 Å². The average Bonchev–Trinajstić information content (AvgIpc) is 3.03. The molecule has 0 spiro atoms. The van der Waals surface area contributed by atoms with Crippen LogP contribution in [0.15, 0.2) is 36.7 Å². The van der Waals surface area contributed by atoms with E-state index < -0.39 is 0 Å².